The molecule has 0 rings (SSSR count). The van der Waals surface area contributed by atoms with Crippen molar-refractivity contribution in [1.29, 1.82) is 0 Å². The zero-order valence-corrected chi connectivity index (χ0v) is 12.2. The van der Waals surface area contributed by atoms with E-state index in [4.69, 9.17) is 30.1 Å². The zero-order valence-electron chi connectivity index (χ0n) is 5.17. The Morgan fingerprint density at radius 2 is 1.00 bits per heavy atom. The second-order valence-corrected chi connectivity index (χ2v) is 6.68. The van der Waals surface area contributed by atoms with Crippen LogP contribution in [0.15, 0.2) is 0 Å². The first-order valence-electron chi connectivity index (χ1n) is 0.655. The molecular weight excluding hydrogens is 351 g/mol. The van der Waals surface area contributed by atoms with E-state index in [2.05, 4.69) is 0 Å². The fraction of sp³-hybridized carbons (Fsp3) is 0. The summed E-state index contributed by atoms with van der Waals surface area (Å²) in [6.07, 6.45) is 0. The first-order chi connectivity index (χ1) is 1.73. The van der Waals surface area contributed by atoms with E-state index in [0.29, 0.717) is 0 Å². The monoisotopic (exact) mass is 352 g/mol. The van der Waals surface area contributed by atoms with Gasteiger partial charge in [0.1, 0.15) is 0 Å². The van der Waals surface area contributed by atoms with Crippen molar-refractivity contribution in [3.05, 3.63) is 0 Å². The van der Waals surface area contributed by atoms with E-state index in [1.165, 1.54) is 0 Å². The van der Waals surface area contributed by atoms with Crippen molar-refractivity contribution in [3.63, 3.8) is 0 Å². The molecule has 0 aromatic rings. The largest absolute Gasteiger partial charge is 2.00 e. The summed E-state index contributed by atoms with van der Waals surface area (Å²) in [5.41, 5.74) is 0. The average Bonchev–Trinajstić information content (AvgIpc) is 0.811. The second kappa shape index (κ2) is 29.5. The quantitative estimate of drug-likeness (QED) is 0.379. The third kappa shape index (κ3) is 71.1. The van der Waals surface area contributed by atoms with Gasteiger partial charge in [-0.2, -0.15) is 0 Å². The number of hydrogen-bond donors (Lipinski definition) is 0. The fourth-order valence-electron chi connectivity index (χ4n) is 0. The van der Waals surface area contributed by atoms with E-state index >= 15 is 0 Å². The summed E-state index contributed by atoms with van der Waals surface area (Å²) in [5.74, 6) is 0. The first kappa shape index (κ1) is 37.8. The number of rotatable bonds is 0. The summed E-state index contributed by atoms with van der Waals surface area (Å²) in [6, 6.07) is 0. The summed E-state index contributed by atoms with van der Waals surface area (Å²) in [5, 5.41) is 0. The summed E-state index contributed by atoms with van der Waals surface area (Å²) in [4.78, 5) is 0. The van der Waals surface area contributed by atoms with Crippen LogP contribution in [0.3, 0.4) is 0 Å². The molecule has 9 heavy (non-hydrogen) atoms. The number of halogens is 5. The molecular formula is H4Al2Br2Cl3LiMg. The average molecular weight is 355 g/mol. The van der Waals surface area contributed by atoms with Crippen molar-refractivity contribution < 1.29 is 54.3 Å². The minimum Gasteiger partial charge on any atom is -1.00 e. The van der Waals surface area contributed by atoms with Crippen LogP contribution < -0.4 is 52.8 Å². The van der Waals surface area contributed by atoms with E-state index in [1.807, 2.05) is 0 Å². The van der Waals surface area contributed by atoms with E-state index in [1.54, 1.807) is 0 Å². The van der Waals surface area contributed by atoms with Gasteiger partial charge in [-0.3, -0.25) is 0 Å². The molecule has 0 heterocycles. The van der Waals surface area contributed by atoms with Crippen molar-refractivity contribution in [2.45, 2.75) is 0 Å². The van der Waals surface area contributed by atoms with Crippen molar-refractivity contribution >= 4 is 81.9 Å². The van der Waals surface area contributed by atoms with Gasteiger partial charge in [0.05, 0.1) is 0 Å². The summed E-state index contributed by atoms with van der Waals surface area (Å²) >= 11 is -1.72. The van der Waals surface area contributed by atoms with Gasteiger partial charge in [-0.25, -0.2) is 30.1 Å². The van der Waals surface area contributed by atoms with Crippen molar-refractivity contribution in [2.75, 3.05) is 0 Å². The van der Waals surface area contributed by atoms with Crippen LogP contribution >= 0.6 is 30.1 Å². The molecule has 0 aromatic heterocycles. The van der Waals surface area contributed by atoms with Gasteiger partial charge in [-0.05, 0) is 0 Å². The predicted molar refractivity (Wildman–Crippen MR) is 40.1 cm³/mol. The molecule has 0 spiro atoms. The van der Waals surface area contributed by atoms with Gasteiger partial charge >= 0.3 is 53.3 Å². The van der Waals surface area contributed by atoms with Crippen LogP contribution in [0.25, 0.3) is 0 Å². The molecule has 48 valence electrons. The molecule has 0 aliphatic carbocycles. The maximum absolute atomic E-state index is 4.94. The molecule has 0 N–H and O–H groups in total. The molecule has 0 bridgehead atoms. The fourth-order valence-corrected chi connectivity index (χ4v) is 0. The Hall–Kier alpha value is 4.26. The van der Waals surface area contributed by atoms with Crippen LogP contribution in [0.1, 0.15) is 1.43 Å². The molecule has 0 atom stereocenters. The Balaban J connectivity index is -0.00000000300. The summed E-state index contributed by atoms with van der Waals surface area (Å²) in [6.45, 7) is 0. The van der Waals surface area contributed by atoms with Gasteiger partial charge in [0.2, 0.25) is 0 Å². The normalized spacial score (nSPS) is 3.00. The minimum absolute atomic E-state index is 0. The molecule has 0 unspecified atom stereocenters. The van der Waals surface area contributed by atoms with Gasteiger partial charge in [0.15, 0.2) is 17.4 Å². The molecule has 0 aliphatic heterocycles. The van der Waals surface area contributed by atoms with Crippen LogP contribution in [-0.4, -0.2) is 51.8 Å². The van der Waals surface area contributed by atoms with E-state index < -0.39 is 11.4 Å². The van der Waals surface area contributed by atoms with E-state index in [-0.39, 0.29) is 94.7 Å². The van der Waals surface area contributed by atoms with Crippen LogP contribution in [0.5, 0.6) is 0 Å². The van der Waals surface area contributed by atoms with Crippen molar-refractivity contribution in [1.82, 2.24) is 0 Å². The predicted octanol–water partition coefficient (Wildman–Crippen LogP) is -8.75. The number of hydrogen-bond acceptors (Lipinski definition) is 0. The van der Waals surface area contributed by atoms with E-state index in [0.717, 1.165) is 0 Å². The van der Waals surface area contributed by atoms with Gasteiger partial charge < -0.3 is 35.4 Å². The molecule has 0 fully saturated rings. The minimum atomic E-state index is -1.72. The molecule has 0 aromatic carbocycles. The molecule has 0 nitrogen and oxygen atoms in total. The summed E-state index contributed by atoms with van der Waals surface area (Å²) in [7, 11) is 14.8. The second-order valence-electron chi connectivity index (χ2n) is 0.247. The van der Waals surface area contributed by atoms with Gasteiger partial charge in [-0.15, -0.1) is 0 Å². The first-order valence-corrected chi connectivity index (χ1v) is 5.89. The van der Waals surface area contributed by atoms with Gasteiger partial charge in [0, 0.05) is 0 Å². The Bertz CT molecular complexity index is 29.2. The maximum atomic E-state index is 4.94. The zero-order chi connectivity index (χ0) is 3.58. The summed E-state index contributed by atoms with van der Waals surface area (Å²) < 4.78 is 0. The Kier molecular flexibility index (Phi) is 124. The Labute approximate surface area is 134 Å². The molecule has 0 radical (unpaired) electrons. The Morgan fingerprint density at radius 1 is 1.00 bits per heavy atom. The maximum Gasteiger partial charge on any atom is 2.00 e. The molecule has 0 saturated carbocycles. The van der Waals surface area contributed by atoms with Gasteiger partial charge in [0.25, 0.3) is 0 Å². The molecule has 0 aliphatic rings. The Morgan fingerprint density at radius 3 is 1.00 bits per heavy atom. The van der Waals surface area contributed by atoms with Crippen molar-refractivity contribution in [2.24, 2.45) is 0 Å². The van der Waals surface area contributed by atoms with Gasteiger partial charge in [-0.1, -0.05) is 0 Å². The standard InChI is InChI=1S/2Al.2BrH.3ClH.Li.Mg.4H/h;;5*1H;;;;;;/q;+3;;;;;;+1;+2;;;;-1/p-5. The third-order valence-electron chi connectivity index (χ3n) is 0. The van der Waals surface area contributed by atoms with Crippen LogP contribution in [0.4, 0.5) is 0 Å². The topological polar surface area (TPSA) is 0 Å². The smallest absolute Gasteiger partial charge is 1.00 e. The van der Waals surface area contributed by atoms with E-state index in [9.17, 15) is 0 Å². The molecule has 0 amide bonds. The molecule has 9 heteroatoms. The van der Waals surface area contributed by atoms with Crippen molar-refractivity contribution in [3.8, 4) is 0 Å². The van der Waals surface area contributed by atoms with Crippen LogP contribution in [0.2, 0.25) is 0 Å². The molecule has 0 saturated heterocycles. The van der Waals surface area contributed by atoms with Crippen LogP contribution in [0, 0.1) is 0 Å². The SMILES string of the molecule is [AlH3].[Br-].[Br-].[Cl][Al]([Cl])[Cl].[H-].[Li+].[Mg+2]. The third-order valence-corrected chi connectivity index (χ3v) is 0. The van der Waals surface area contributed by atoms with Crippen LogP contribution in [-0.2, 0) is 0 Å².